The molecule has 3 aromatic rings. The molecular weight excluding hydrogens is 565 g/mol. The topological polar surface area (TPSA) is 160 Å². The van der Waals surface area contributed by atoms with Crippen LogP contribution in [0, 0.1) is 0 Å². The molecular formula is C22H23F3N6O6S2. The molecule has 0 bridgehead atoms. The fraction of sp³-hybridized carbons (Fsp3) is 0.227. The largest absolute Gasteiger partial charge is 0.492 e. The summed E-state index contributed by atoms with van der Waals surface area (Å²) in [6.45, 7) is 2.48. The van der Waals surface area contributed by atoms with E-state index >= 15 is 0 Å². The van der Waals surface area contributed by atoms with E-state index in [1.165, 1.54) is 63.6 Å². The molecule has 39 heavy (non-hydrogen) atoms. The predicted octanol–water partition coefficient (Wildman–Crippen LogP) is 3.29. The van der Waals surface area contributed by atoms with Crippen molar-refractivity contribution in [3.8, 4) is 0 Å². The van der Waals surface area contributed by atoms with Gasteiger partial charge in [-0.25, -0.2) is 36.3 Å². The first-order valence-corrected chi connectivity index (χ1v) is 13.9. The zero-order valence-electron chi connectivity index (χ0n) is 20.6. The second kappa shape index (κ2) is 11.5. The van der Waals surface area contributed by atoms with Gasteiger partial charge in [0, 0.05) is 17.4 Å². The predicted molar refractivity (Wildman–Crippen MR) is 134 cm³/mol. The van der Waals surface area contributed by atoms with Crippen molar-refractivity contribution >= 4 is 49.0 Å². The van der Waals surface area contributed by atoms with Gasteiger partial charge in [0.15, 0.2) is 0 Å². The van der Waals surface area contributed by atoms with Crippen LogP contribution < -0.4 is 15.4 Å². The summed E-state index contributed by atoms with van der Waals surface area (Å²) in [6, 6.07) is 11.3. The van der Waals surface area contributed by atoms with Gasteiger partial charge in [-0.05, 0) is 61.8 Å². The number of anilines is 4. The average molecular weight is 589 g/mol. The molecule has 1 aromatic heterocycles. The van der Waals surface area contributed by atoms with Crippen LogP contribution in [0.5, 0.6) is 0 Å². The Morgan fingerprint density at radius 1 is 0.897 bits per heavy atom. The van der Waals surface area contributed by atoms with Crippen molar-refractivity contribution in [2.24, 2.45) is 0 Å². The number of nitrogens with one attached hydrogen (secondary N) is 3. The summed E-state index contributed by atoms with van der Waals surface area (Å²) in [4.78, 5) is 23.1. The molecule has 2 aromatic carbocycles. The molecule has 17 heteroatoms. The zero-order valence-corrected chi connectivity index (χ0v) is 22.2. The monoisotopic (exact) mass is 588 g/mol. The number of benzene rings is 2. The molecule has 0 amide bonds. The molecule has 3 N–H and O–H groups in total. The highest BCUT2D eigenvalue weighted by atomic mass is 32.2. The van der Waals surface area contributed by atoms with E-state index in [4.69, 9.17) is 0 Å². The van der Waals surface area contributed by atoms with Crippen LogP contribution in [0.4, 0.5) is 36.2 Å². The number of sulfonamides is 2. The van der Waals surface area contributed by atoms with Gasteiger partial charge in [0.2, 0.25) is 10.0 Å². The van der Waals surface area contributed by atoms with E-state index in [1.54, 1.807) is 6.07 Å². The van der Waals surface area contributed by atoms with Crippen LogP contribution in [-0.4, -0.2) is 56.5 Å². The fourth-order valence-electron chi connectivity index (χ4n) is 3.05. The second-order valence-corrected chi connectivity index (χ2v) is 11.7. The zero-order chi connectivity index (χ0) is 29.0. The van der Waals surface area contributed by atoms with Crippen molar-refractivity contribution < 1.29 is 39.6 Å². The molecule has 0 fully saturated rings. The van der Waals surface area contributed by atoms with Crippen molar-refractivity contribution in [2.75, 3.05) is 17.7 Å². The third-order valence-electron chi connectivity index (χ3n) is 4.82. The first-order chi connectivity index (χ1) is 18.1. The van der Waals surface area contributed by atoms with Gasteiger partial charge in [-0.1, -0.05) is 12.1 Å². The summed E-state index contributed by atoms with van der Waals surface area (Å²) in [5, 5.41) is 5.79. The van der Waals surface area contributed by atoms with Crippen molar-refractivity contribution in [3.05, 3.63) is 60.9 Å². The molecule has 0 aliphatic carbocycles. The Hall–Kier alpha value is -3.80. The number of nitrogens with zero attached hydrogens (tertiary/aromatic N) is 3. The van der Waals surface area contributed by atoms with Gasteiger partial charge in [0.05, 0.1) is 15.8 Å². The van der Waals surface area contributed by atoms with E-state index in [9.17, 15) is 34.8 Å². The molecule has 0 atom stereocenters. The van der Waals surface area contributed by atoms with Gasteiger partial charge in [0.1, 0.15) is 18.0 Å². The summed E-state index contributed by atoms with van der Waals surface area (Å²) in [6.07, 6.45) is -4.20. The summed E-state index contributed by atoms with van der Waals surface area (Å²) in [7, 11) is -7.08. The number of hydrogen-bond acceptors (Lipinski definition) is 10. The van der Waals surface area contributed by atoms with Gasteiger partial charge >= 0.3 is 12.1 Å². The molecule has 0 radical (unpaired) electrons. The lowest BCUT2D eigenvalue weighted by Gasteiger charge is -2.24. The minimum atomic E-state index is -5.40. The fourth-order valence-corrected chi connectivity index (χ4v) is 5.28. The Morgan fingerprint density at radius 3 is 1.90 bits per heavy atom. The molecule has 1 heterocycles. The van der Waals surface area contributed by atoms with Crippen molar-refractivity contribution in [3.63, 3.8) is 0 Å². The first-order valence-electron chi connectivity index (χ1n) is 11.0. The molecule has 3 rings (SSSR count). The number of hydroxylamine groups is 1. The first kappa shape index (κ1) is 29.8. The third kappa shape index (κ3) is 7.41. The number of halogens is 3. The second-order valence-electron chi connectivity index (χ2n) is 8.03. The van der Waals surface area contributed by atoms with Gasteiger partial charge in [-0.3, -0.25) is 0 Å². The van der Waals surface area contributed by atoms with Crippen LogP contribution in [-0.2, 0) is 29.7 Å². The van der Waals surface area contributed by atoms with Crippen molar-refractivity contribution in [1.82, 2.24) is 19.2 Å². The Balaban J connectivity index is 1.83. The highest BCUT2D eigenvalue weighted by molar-refractivity contribution is 7.89. The van der Waals surface area contributed by atoms with Crippen LogP contribution in [0.1, 0.15) is 13.8 Å². The van der Waals surface area contributed by atoms with Gasteiger partial charge in [-0.2, -0.15) is 13.2 Å². The van der Waals surface area contributed by atoms with Crippen LogP contribution in [0.3, 0.4) is 0 Å². The number of rotatable bonds is 10. The Bertz CT molecular complexity index is 1570. The van der Waals surface area contributed by atoms with E-state index in [0.717, 1.165) is 12.1 Å². The van der Waals surface area contributed by atoms with Crippen molar-refractivity contribution in [2.45, 2.75) is 35.9 Å². The number of carbonyl (C=O) groups excluding carboxylic acids is 1. The number of alkyl halides is 3. The summed E-state index contributed by atoms with van der Waals surface area (Å²) in [5.41, 5.74) is 0.597. The summed E-state index contributed by atoms with van der Waals surface area (Å²) in [5.74, 6) is -2.21. The lowest BCUT2D eigenvalue weighted by atomic mass is 10.3. The number of hydrogen-bond donors (Lipinski definition) is 3. The van der Waals surface area contributed by atoms with Crippen LogP contribution >= 0.6 is 0 Å². The van der Waals surface area contributed by atoms with Gasteiger partial charge < -0.3 is 15.5 Å². The molecule has 0 saturated carbocycles. The maximum absolute atomic E-state index is 13.0. The molecule has 210 valence electrons. The normalized spacial score (nSPS) is 12.4. The summed E-state index contributed by atoms with van der Waals surface area (Å²) < 4.78 is 90.3. The third-order valence-corrected chi connectivity index (χ3v) is 8.05. The van der Waals surface area contributed by atoms with Crippen LogP contribution in [0.25, 0.3) is 0 Å². The summed E-state index contributed by atoms with van der Waals surface area (Å²) >= 11 is 0. The van der Waals surface area contributed by atoms with E-state index in [2.05, 4.69) is 30.2 Å². The van der Waals surface area contributed by atoms with Crippen LogP contribution in [0.2, 0.25) is 0 Å². The molecule has 0 saturated heterocycles. The highest BCUT2D eigenvalue weighted by Crippen LogP contribution is 2.27. The molecule has 0 aliphatic heterocycles. The van der Waals surface area contributed by atoms with Crippen LogP contribution in [0.15, 0.2) is 70.7 Å². The maximum Gasteiger partial charge on any atom is 0.492 e. The minimum Gasteiger partial charge on any atom is -0.345 e. The van der Waals surface area contributed by atoms with E-state index in [0.29, 0.717) is 5.69 Å². The molecule has 12 nitrogen and oxygen atoms in total. The Morgan fingerprint density at radius 2 is 1.41 bits per heavy atom. The average Bonchev–Trinajstić information content (AvgIpc) is 2.86. The minimum absolute atomic E-state index is 0.0168. The SMILES string of the molecule is CNS(=O)(=O)c1cccc(Nc2cc(Nc3cccc(S(=O)(=O)N(OC(=O)C(F)(F)F)C(C)C)c3)ncn2)c1. The Kier molecular flexibility index (Phi) is 8.79. The van der Waals surface area contributed by atoms with Crippen molar-refractivity contribution in [1.29, 1.82) is 0 Å². The highest BCUT2D eigenvalue weighted by Gasteiger charge is 2.45. The quantitative estimate of drug-likeness (QED) is 0.300. The smallest absolute Gasteiger partial charge is 0.345 e. The molecule has 0 spiro atoms. The molecule has 0 aliphatic rings. The maximum atomic E-state index is 13.0. The van der Waals surface area contributed by atoms with E-state index < -0.39 is 43.1 Å². The van der Waals surface area contributed by atoms with E-state index in [-0.39, 0.29) is 26.7 Å². The number of aromatic nitrogens is 2. The Labute approximate surface area is 222 Å². The van der Waals surface area contributed by atoms with Gasteiger partial charge in [0.25, 0.3) is 10.0 Å². The number of carbonyl (C=O) groups is 1. The van der Waals surface area contributed by atoms with E-state index in [1.807, 2.05) is 0 Å². The van der Waals surface area contributed by atoms with Gasteiger partial charge in [-0.15, -0.1) is 0 Å². The lowest BCUT2D eigenvalue weighted by molar-refractivity contribution is -0.225. The lowest BCUT2D eigenvalue weighted by Crippen LogP contribution is -2.42. The standard InChI is InChI=1S/C22H23F3N6O6S2/c1-14(2)31(37-21(32)22(23,24)25)39(35,36)18-9-5-7-16(11-18)30-20-12-19(27-13-28-20)29-15-6-4-8-17(10-15)38(33,34)26-3/h4-14,26H,1-3H3,(H2,27,28,29,30). The molecule has 0 unspecified atom stereocenters.